The second-order valence-corrected chi connectivity index (χ2v) is 6.45. The Labute approximate surface area is 161 Å². The van der Waals surface area contributed by atoms with Crippen LogP contribution in [0, 0.1) is 10.1 Å². The third kappa shape index (κ3) is 3.42. The standard InChI is InChI=1S/C21H19N5O2/c1-2-12-25-14-18(17-8-3-4-9-20(17)25)19-10-11-22-21(24-19)23-15-6-5-7-16(13-15)26(27)28/h3-11,13-14H,2,12H2,1H3,(H,22,23,24). The van der Waals surface area contributed by atoms with Gasteiger partial charge >= 0.3 is 0 Å². The van der Waals surface area contributed by atoms with E-state index in [-0.39, 0.29) is 5.69 Å². The van der Waals surface area contributed by atoms with E-state index >= 15 is 0 Å². The van der Waals surface area contributed by atoms with E-state index in [0.717, 1.165) is 29.6 Å². The zero-order valence-corrected chi connectivity index (χ0v) is 15.4. The van der Waals surface area contributed by atoms with E-state index in [2.05, 4.69) is 45.1 Å². The van der Waals surface area contributed by atoms with Crippen molar-refractivity contribution in [3.05, 3.63) is 77.1 Å². The third-order valence-corrected chi connectivity index (χ3v) is 4.50. The van der Waals surface area contributed by atoms with Gasteiger partial charge in [-0.3, -0.25) is 10.1 Å². The van der Waals surface area contributed by atoms with E-state index in [9.17, 15) is 10.1 Å². The molecular formula is C21H19N5O2. The highest BCUT2D eigenvalue weighted by atomic mass is 16.6. The SMILES string of the molecule is CCCn1cc(-c2ccnc(Nc3cccc([N+](=O)[O-])c3)n2)c2ccccc21. The molecule has 2 heterocycles. The first-order valence-electron chi connectivity index (χ1n) is 9.08. The highest BCUT2D eigenvalue weighted by Gasteiger charge is 2.12. The molecule has 7 nitrogen and oxygen atoms in total. The fourth-order valence-corrected chi connectivity index (χ4v) is 3.27. The van der Waals surface area contributed by atoms with Crippen molar-refractivity contribution in [1.82, 2.24) is 14.5 Å². The van der Waals surface area contributed by atoms with E-state index in [1.807, 2.05) is 18.2 Å². The molecule has 0 atom stereocenters. The molecule has 140 valence electrons. The molecular weight excluding hydrogens is 354 g/mol. The monoisotopic (exact) mass is 373 g/mol. The first kappa shape index (κ1) is 17.7. The van der Waals surface area contributed by atoms with Crippen LogP contribution in [0.2, 0.25) is 0 Å². The van der Waals surface area contributed by atoms with Crippen molar-refractivity contribution in [1.29, 1.82) is 0 Å². The summed E-state index contributed by atoms with van der Waals surface area (Å²) in [4.78, 5) is 19.4. The van der Waals surface area contributed by atoms with Crippen LogP contribution in [0.25, 0.3) is 22.2 Å². The number of fused-ring (bicyclic) bond motifs is 1. The summed E-state index contributed by atoms with van der Waals surface area (Å²) in [7, 11) is 0. The molecule has 0 aliphatic heterocycles. The molecule has 0 saturated heterocycles. The highest BCUT2D eigenvalue weighted by Crippen LogP contribution is 2.30. The first-order valence-corrected chi connectivity index (χ1v) is 9.08. The van der Waals surface area contributed by atoms with Crippen LogP contribution in [0.15, 0.2) is 67.0 Å². The van der Waals surface area contributed by atoms with Gasteiger partial charge < -0.3 is 9.88 Å². The van der Waals surface area contributed by atoms with Crippen molar-refractivity contribution in [2.75, 3.05) is 5.32 Å². The smallest absolute Gasteiger partial charge is 0.271 e. The number of aromatic nitrogens is 3. The number of nitrogens with one attached hydrogen (secondary N) is 1. The minimum absolute atomic E-state index is 0.0174. The lowest BCUT2D eigenvalue weighted by Gasteiger charge is -2.06. The minimum Gasteiger partial charge on any atom is -0.347 e. The molecule has 0 amide bonds. The normalized spacial score (nSPS) is 10.9. The number of para-hydroxylation sites is 1. The van der Waals surface area contributed by atoms with Gasteiger partial charge in [-0.05, 0) is 24.6 Å². The van der Waals surface area contributed by atoms with Gasteiger partial charge in [0, 0.05) is 53.2 Å². The number of anilines is 2. The summed E-state index contributed by atoms with van der Waals surface area (Å²) in [5, 5.41) is 15.2. The Balaban J connectivity index is 1.71. The third-order valence-electron chi connectivity index (χ3n) is 4.50. The number of aryl methyl sites for hydroxylation is 1. The van der Waals surface area contributed by atoms with Gasteiger partial charge in [0.05, 0.1) is 10.6 Å². The molecule has 0 aliphatic carbocycles. The number of nitrogens with zero attached hydrogens (tertiary/aromatic N) is 4. The zero-order chi connectivity index (χ0) is 19.5. The van der Waals surface area contributed by atoms with Crippen LogP contribution >= 0.6 is 0 Å². The maximum atomic E-state index is 11.0. The molecule has 2 aromatic heterocycles. The number of nitro benzene ring substituents is 1. The minimum atomic E-state index is -0.426. The van der Waals surface area contributed by atoms with Crippen LogP contribution in [0.1, 0.15) is 13.3 Å². The summed E-state index contributed by atoms with van der Waals surface area (Å²) in [5.74, 6) is 0.394. The molecule has 0 aliphatic rings. The maximum Gasteiger partial charge on any atom is 0.271 e. The molecule has 2 aromatic carbocycles. The van der Waals surface area contributed by atoms with Crippen molar-refractivity contribution in [3.63, 3.8) is 0 Å². The summed E-state index contributed by atoms with van der Waals surface area (Å²) in [6.45, 7) is 3.09. The number of rotatable bonds is 6. The van der Waals surface area contributed by atoms with Crippen molar-refractivity contribution >= 4 is 28.2 Å². The Bertz CT molecular complexity index is 1150. The second kappa shape index (κ2) is 7.48. The molecule has 0 saturated carbocycles. The van der Waals surface area contributed by atoms with Crippen LogP contribution < -0.4 is 5.32 Å². The lowest BCUT2D eigenvalue weighted by Crippen LogP contribution is -1.98. The van der Waals surface area contributed by atoms with Crippen LogP contribution in [0.5, 0.6) is 0 Å². The van der Waals surface area contributed by atoms with Crippen LogP contribution in [-0.4, -0.2) is 19.5 Å². The predicted molar refractivity (Wildman–Crippen MR) is 110 cm³/mol. The molecule has 0 fully saturated rings. The highest BCUT2D eigenvalue weighted by molar-refractivity contribution is 5.95. The van der Waals surface area contributed by atoms with Gasteiger partial charge in [0.1, 0.15) is 0 Å². The van der Waals surface area contributed by atoms with Gasteiger partial charge in [0.15, 0.2) is 0 Å². The molecule has 0 spiro atoms. The second-order valence-electron chi connectivity index (χ2n) is 6.45. The van der Waals surface area contributed by atoms with Crippen molar-refractivity contribution < 1.29 is 4.92 Å². The molecule has 0 bridgehead atoms. The molecule has 0 radical (unpaired) electrons. The van der Waals surface area contributed by atoms with E-state index in [1.165, 1.54) is 17.6 Å². The molecule has 28 heavy (non-hydrogen) atoms. The van der Waals surface area contributed by atoms with Gasteiger partial charge in [-0.2, -0.15) is 0 Å². The van der Waals surface area contributed by atoms with Gasteiger partial charge in [0.25, 0.3) is 5.69 Å². The van der Waals surface area contributed by atoms with Crippen LogP contribution in [-0.2, 0) is 6.54 Å². The van der Waals surface area contributed by atoms with Crippen molar-refractivity contribution in [2.45, 2.75) is 19.9 Å². The zero-order valence-electron chi connectivity index (χ0n) is 15.4. The predicted octanol–water partition coefficient (Wildman–Crippen LogP) is 5.16. The van der Waals surface area contributed by atoms with E-state index in [1.54, 1.807) is 18.3 Å². The fourth-order valence-electron chi connectivity index (χ4n) is 3.27. The summed E-state index contributed by atoms with van der Waals surface area (Å²) in [5.41, 5.74) is 3.59. The largest absolute Gasteiger partial charge is 0.347 e. The average Bonchev–Trinajstić information content (AvgIpc) is 3.08. The summed E-state index contributed by atoms with van der Waals surface area (Å²) < 4.78 is 2.24. The van der Waals surface area contributed by atoms with Gasteiger partial charge in [-0.15, -0.1) is 0 Å². The van der Waals surface area contributed by atoms with Crippen molar-refractivity contribution in [2.24, 2.45) is 0 Å². The Morgan fingerprint density at radius 1 is 1.14 bits per heavy atom. The Kier molecular flexibility index (Phi) is 4.72. The summed E-state index contributed by atoms with van der Waals surface area (Å²) >= 11 is 0. The lowest BCUT2D eigenvalue weighted by molar-refractivity contribution is -0.384. The van der Waals surface area contributed by atoms with Crippen LogP contribution in [0.3, 0.4) is 0 Å². The number of nitro groups is 1. The quantitative estimate of drug-likeness (QED) is 0.373. The Morgan fingerprint density at radius 2 is 2.00 bits per heavy atom. The Morgan fingerprint density at radius 3 is 2.82 bits per heavy atom. The number of hydrogen-bond donors (Lipinski definition) is 1. The number of non-ortho nitro benzene ring substituents is 1. The van der Waals surface area contributed by atoms with Crippen molar-refractivity contribution in [3.8, 4) is 11.3 Å². The topological polar surface area (TPSA) is 85.9 Å². The fraction of sp³-hybridized carbons (Fsp3) is 0.143. The van der Waals surface area contributed by atoms with E-state index in [4.69, 9.17) is 0 Å². The molecule has 0 unspecified atom stereocenters. The van der Waals surface area contributed by atoms with E-state index in [0.29, 0.717) is 11.6 Å². The van der Waals surface area contributed by atoms with E-state index < -0.39 is 4.92 Å². The number of hydrogen-bond acceptors (Lipinski definition) is 5. The van der Waals surface area contributed by atoms with Gasteiger partial charge in [-0.25, -0.2) is 9.97 Å². The molecule has 1 N–H and O–H groups in total. The number of benzene rings is 2. The summed E-state index contributed by atoms with van der Waals surface area (Å²) in [6, 6.07) is 16.4. The molecule has 4 aromatic rings. The van der Waals surface area contributed by atoms with Gasteiger partial charge in [-0.1, -0.05) is 31.2 Å². The Hall–Kier alpha value is -3.74. The first-order chi connectivity index (χ1) is 13.7. The molecule has 4 rings (SSSR count). The lowest BCUT2D eigenvalue weighted by atomic mass is 10.1. The average molecular weight is 373 g/mol. The maximum absolute atomic E-state index is 11.0. The summed E-state index contributed by atoms with van der Waals surface area (Å²) in [6.07, 6.45) is 4.85. The van der Waals surface area contributed by atoms with Crippen LogP contribution in [0.4, 0.5) is 17.3 Å². The van der Waals surface area contributed by atoms with Gasteiger partial charge in [0.2, 0.25) is 5.95 Å². The molecule has 7 heteroatoms.